The fourth-order valence-corrected chi connectivity index (χ4v) is 3.85. The number of hydrogen-bond donors (Lipinski definition) is 1. The number of ether oxygens (including phenoxy) is 1. The van der Waals surface area contributed by atoms with Gasteiger partial charge in [0.2, 0.25) is 5.91 Å². The van der Waals surface area contributed by atoms with Crippen LogP contribution in [0, 0.1) is 5.92 Å². The molecule has 1 fully saturated rings. The lowest BCUT2D eigenvalue weighted by Gasteiger charge is -2.12. The Balaban J connectivity index is 1.33. The molecule has 148 valence electrons. The minimum Gasteiger partial charge on any atom is -0.475 e. The lowest BCUT2D eigenvalue weighted by atomic mass is 10.2. The maximum absolute atomic E-state index is 12.5. The standard InChI is InChI=1S/C19H17F3N2O3S/c1-10(15-6-7-16(28-15)26-9-19(20,21)22)23-17(25)11-8-12(11)18-24-13-4-2-3-5-14(13)27-18/h2-7,10-12H,8-9H2,1H3,(H,23,25)/t10?,11-,12-/m1/s1. The SMILES string of the molecule is CC(NC(=O)[C@@H]1C[C@H]1c1nc2ccccc2o1)c1ccc(OCC(F)(F)F)s1. The van der Waals surface area contributed by atoms with Gasteiger partial charge in [0.15, 0.2) is 23.1 Å². The van der Waals surface area contributed by atoms with Crippen LogP contribution in [0.2, 0.25) is 0 Å². The molecule has 2 aromatic heterocycles. The van der Waals surface area contributed by atoms with Crippen molar-refractivity contribution < 1.29 is 27.1 Å². The van der Waals surface area contributed by atoms with Gasteiger partial charge >= 0.3 is 6.18 Å². The van der Waals surface area contributed by atoms with Gasteiger partial charge in [-0.1, -0.05) is 12.1 Å². The molecule has 1 saturated carbocycles. The van der Waals surface area contributed by atoms with E-state index in [9.17, 15) is 18.0 Å². The van der Waals surface area contributed by atoms with E-state index < -0.39 is 12.8 Å². The fraction of sp³-hybridized carbons (Fsp3) is 0.368. The third kappa shape index (κ3) is 4.14. The average Bonchev–Trinajstić information content (AvgIpc) is 3.11. The zero-order chi connectivity index (χ0) is 19.9. The van der Waals surface area contributed by atoms with Crippen LogP contribution in [0.1, 0.15) is 36.1 Å². The second kappa shape index (κ2) is 7.12. The van der Waals surface area contributed by atoms with Crippen LogP contribution in [0.15, 0.2) is 40.8 Å². The van der Waals surface area contributed by atoms with Crippen molar-refractivity contribution in [3.05, 3.63) is 47.2 Å². The van der Waals surface area contributed by atoms with E-state index in [1.807, 2.05) is 24.3 Å². The molecule has 0 saturated heterocycles. The molecule has 4 rings (SSSR count). The third-order valence-electron chi connectivity index (χ3n) is 4.52. The Morgan fingerprint density at radius 3 is 2.89 bits per heavy atom. The zero-order valence-electron chi connectivity index (χ0n) is 14.8. The van der Waals surface area contributed by atoms with E-state index in [1.54, 1.807) is 13.0 Å². The van der Waals surface area contributed by atoms with Crippen LogP contribution in [0.5, 0.6) is 5.06 Å². The summed E-state index contributed by atoms with van der Waals surface area (Å²) in [5.74, 6) is 0.184. The summed E-state index contributed by atoms with van der Waals surface area (Å²) in [5, 5.41) is 3.07. The molecule has 5 nitrogen and oxygen atoms in total. The molecule has 1 aliphatic rings. The molecule has 3 aromatic rings. The Labute approximate surface area is 162 Å². The monoisotopic (exact) mass is 410 g/mol. The van der Waals surface area contributed by atoms with Crippen molar-refractivity contribution in [1.82, 2.24) is 10.3 Å². The van der Waals surface area contributed by atoms with Crippen LogP contribution < -0.4 is 10.1 Å². The van der Waals surface area contributed by atoms with E-state index in [0.717, 1.165) is 21.7 Å². The highest BCUT2D eigenvalue weighted by Gasteiger charge is 2.47. The number of aromatic nitrogens is 1. The molecule has 0 spiro atoms. The highest BCUT2D eigenvalue weighted by atomic mass is 32.1. The highest BCUT2D eigenvalue weighted by molar-refractivity contribution is 7.13. The summed E-state index contributed by atoms with van der Waals surface area (Å²) in [6.07, 6.45) is -3.72. The summed E-state index contributed by atoms with van der Waals surface area (Å²) in [5.41, 5.74) is 1.46. The van der Waals surface area contributed by atoms with Crippen molar-refractivity contribution in [1.29, 1.82) is 0 Å². The number of thiophene rings is 1. The Morgan fingerprint density at radius 1 is 1.36 bits per heavy atom. The van der Waals surface area contributed by atoms with E-state index in [2.05, 4.69) is 10.3 Å². The number of amides is 1. The number of alkyl halides is 3. The van der Waals surface area contributed by atoms with E-state index in [4.69, 9.17) is 9.15 Å². The van der Waals surface area contributed by atoms with Crippen LogP contribution in [-0.2, 0) is 4.79 Å². The molecule has 0 bridgehead atoms. The summed E-state index contributed by atoms with van der Waals surface area (Å²) in [7, 11) is 0. The zero-order valence-corrected chi connectivity index (χ0v) is 15.6. The van der Waals surface area contributed by atoms with Crippen molar-refractivity contribution in [2.75, 3.05) is 6.61 Å². The van der Waals surface area contributed by atoms with Crippen molar-refractivity contribution in [2.24, 2.45) is 5.92 Å². The number of fused-ring (bicyclic) bond motifs is 1. The molecule has 1 unspecified atom stereocenters. The second-order valence-corrected chi connectivity index (χ2v) is 7.84. The third-order valence-corrected chi connectivity index (χ3v) is 5.70. The summed E-state index contributed by atoms with van der Waals surface area (Å²) < 4.78 is 47.1. The van der Waals surface area contributed by atoms with Crippen LogP contribution in [0.4, 0.5) is 13.2 Å². The molecule has 3 atom stereocenters. The first-order valence-electron chi connectivity index (χ1n) is 8.75. The van der Waals surface area contributed by atoms with E-state index in [1.165, 1.54) is 6.07 Å². The van der Waals surface area contributed by atoms with Crippen molar-refractivity contribution >= 4 is 28.3 Å². The van der Waals surface area contributed by atoms with Gasteiger partial charge in [-0.2, -0.15) is 13.2 Å². The molecular weight excluding hydrogens is 393 g/mol. The number of carbonyl (C=O) groups excluding carboxylic acids is 1. The van der Waals surface area contributed by atoms with Gasteiger partial charge in [-0.05, 0) is 37.6 Å². The lowest BCUT2D eigenvalue weighted by molar-refractivity contribution is -0.152. The number of hydrogen-bond acceptors (Lipinski definition) is 5. The molecule has 1 amide bonds. The lowest BCUT2D eigenvalue weighted by Crippen LogP contribution is -2.27. The first kappa shape index (κ1) is 18.8. The molecule has 9 heteroatoms. The van der Waals surface area contributed by atoms with Crippen molar-refractivity contribution in [3.63, 3.8) is 0 Å². The Bertz CT molecular complexity index is 965. The summed E-state index contributed by atoms with van der Waals surface area (Å²) in [6.45, 7) is 0.454. The predicted octanol–water partition coefficient (Wildman–Crippen LogP) is 4.81. The number of para-hydroxylation sites is 2. The molecule has 2 heterocycles. The van der Waals surface area contributed by atoms with Gasteiger partial charge in [-0.3, -0.25) is 4.79 Å². The number of nitrogens with one attached hydrogen (secondary N) is 1. The van der Waals surface area contributed by atoms with Gasteiger partial charge in [-0.25, -0.2) is 4.98 Å². The Kier molecular flexibility index (Phi) is 4.78. The summed E-state index contributed by atoms with van der Waals surface area (Å²) in [4.78, 5) is 17.7. The molecule has 1 aliphatic carbocycles. The minimum atomic E-state index is -4.38. The Morgan fingerprint density at radius 2 is 2.14 bits per heavy atom. The van der Waals surface area contributed by atoms with E-state index in [-0.39, 0.29) is 28.8 Å². The summed E-state index contributed by atoms with van der Waals surface area (Å²) in [6, 6.07) is 10.2. The predicted molar refractivity (Wildman–Crippen MR) is 97.3 cm³/mol. The molecule has 0 aliphatic heterocycles. The number of oxazole rings is 1. The molecule has 1 aromatic carbocycles. The topological polar surface area (TPSA) is 64.4 Å². The van der Waals surface area contributed by atoms with E-state index >= 15 is 0 Å². The van der Waals surface area contributed by atoms with Gasteiger partial charge in [-0.15, -0.1) is 11.3 Å². The van der Waals surface area contributed by atoms with Gasteiger partial charge in [0.25, 0.3) is 0 Å². The van der Waals surface area contributed by atoms with Crippen LogP contribution in [0.3, 0.4) is 0 Å². The van der Waals surface area contributed by atoms with Crippen LogP contribution in [0.25, 0.3) is 11.1 Å². The molecule has 28 heavy (non-hydrogen) atoms. The van der Waals surface area contributed by atoms with E-state index in [0.29, 0.717) is 17.9 Å². The highest BCUT2D eigenvalue weighted by Crippen LogP contribution is 2.48. The maximum Gasteiger partial charge on any atom is 0.422 e. The van der Waals surface area contributed by atoms with Gasteiger partial charge in [0.1, 0.15) is 5.52 Å². The van der Waals surface area contributed by atoms with Gasteiger partial charge < -0.3 is 14.5 Å². The normalized spacial score (nSPS) is 20.1. The quantitative estimate of drug-likeness (QED) is 0.633. The second-order valence-electron chi connectivity index (χ2n) is 6.76. The van der Waals surface area contributed by atoms with Gasteiger partial charge in [0.05, 0.1) is 12.0 Å². The van der Waals surface area contributed by atoms with Crippen molar-refractivity contribution in [2.45, 2.75) is 31.5 Å². The van der Waals surface area contributed by atoms with Crippen LogP contribution in [-0.4, -0.2) is 23.7 Å². The van der Waals surface area contributed by atoms with Crippen molar-refractivity contribution in [3.8, 4) is 5.06 Å². The smallest absolute Gasteiger partial charge is 0.422 e. The first-order valence-corrected chi connectivity index (χ1v) is 9.57. The number of carbonyl (C=O) groups is 1. The molecular formula is C19H17F3N2O3S. The number of nitrogens with zero attached hydrogens (tertiary/aromatic N) is 1. The summed E-state index contributed by atoms with van der Waals surface area (Å²) >= 11 is 1.09. The average molecular weight is 410 g/mol. The molecule has 0 radical (unpaired) electrons. The fourth-order valence-electron chi connectivity index (χ4n) is 3.00. The molecule has 1 N–H and O–H groups in total. The number of rotatable bonds is 6. The maximum atomic E-state index is 12.5. The minimum absolute atomic E-state index is 0.0476. The van der Waals surface area contributed by atoms with Gasteiger partial charge in [0, 0.05) is 10.8 Å². The number of benzene rings is 1. The number of halogens is 3. The first-order chi connectivity index (χ1) is 13.3. The largest absolute Gasteiger partial charge is 0.475 e. The Hall–Kier alpha value is -2.55. The van der Waals surface area contributed by atoms with Crippen LogP contribution >= 0.6 is 11.3 Å².